The number of nitrogens with one attached hydrogen (secondary N) is 1. The first-order valence-electron chi connectivity index (χ1n) is 7.13. The van der Waals surface area contributed by atoms with Gasteiger partial charge in [0, 0.05) is 12.1 Å². The molecule has 0 radical (unpaired) electrons. The van der Waals surface area contributed by atoms with Crippen LogP contribution in [0.2, 0.25) is 0 Å². The first-order valence-corrected chi connectivity index (χ1v) is 7.13. The second kappa shape index (κ2) is 5.85. The van der Waals surface area contributed by atoms with Crippen molar-refractivity contribution in [2.45, 2.75) is 64.6 Å². The van der Waals surface area contributed by atoms with Gasteiger partial charge in [-0.25, -0.2) is 0 Å². The number of aliphatic hydroxyl groups is 1. The van der Waals surface area contributed by atoms with E-state index in [4.69, 9.17) is 0 Å². The molecule has 2 rings (SSSR count). The summed E-state index contributed by atoms with van der Waals surface area (Å²) in [6.07, 6.45) is 4.54. The number of aryl methyl sites for hydroxylation is 2. The first kappa shape index (κ1) is 13.6. The van der Waals surface area contributed by atoms with Gasteiger partial charge in [0.1, 0.15) is 0 Å². The number of hydrogen-bond acceptors (Lipinski definition) is 2. The van der Waals surface area contributed by atoms with Crippen molar-refractivity contribution < 1.29 is 5.11 Å². The maximum absolute atomic E-state index is 10.4. The Hall–Kier alpha value is -0.860. The third-order valence-corrected chi connectivity index (χ3v) is 3.78. The number of hydrogen-bond donors (Lipinski definition) is 2. The van der Waals surface area contributed by atoms with E-state index in [2.05, 4.69) is 37.4 Å². The molecule has 0 heterocycles. The van der Waals surface area contributed by atoms with Gasteiger partial charge in [0.25, 0.3) is 0 Å². The third-order valence-electron chi connectivity index (χ3n) is 3.78. The maximum atomic E-state index is 10.4. The van der Waals surface area contributed by atoms with Crippen LogP contribution in [-0.4, -0.2) is 17.2 Å². The lowest BCUT2D eigenvalue weighted by atomic mass is 9.88. The predicted molar refractivity (Wildman–Crippen MR) is 75.8 cm³/mol. The standard InChI is InChI=1S/C16H25NO/c1-11(2)17-12(3)16(18)15-9-8-13-6-4-5-7-14(13)10-15/h8-12,16-18H,4-7H2,1-3H3. The Kier molecular flexibility index (Phi) is 4.41. The van der Waals surface area contributed by atoms with Crippen molar-refractivity contribution in [3.05, 3.63) is 34.9 Å². The van der Waals surface area contributed by atoms with Gasteiger partial charge in [-0.3, -0.25) is 0 Å². The van der Waals surface area contributed by atoms with Crippen molar-refractivity contribution in [3.8, 4) is 0 Å². The highest BCUT2D eigenvalue weighted by molar-refractivity contribution is 5.35. The zero-order valence-corrected chi connectivity index (χ0v) is 11.7. The summed E-state index contributed by atoms with van der Waals surface area (Å²) in [4.78, 5) is 0. The molecule has 2 heteroatoms. The smallest absolute Gasteiger partial charge is 0.0940 e. The van der Waals surface area contributed by atoms with Gasteiger partial charge in [-0.1, -0.05) is 32.0 Å². The highest BCUT2D eigenvalue weighted by atomic mass is 16.3. The quantitative estimate of drug-likeness (QED) is 0.857. The van der Waals surface area contributed by atoms with E-state index < -0.39 is 6.10 Å². The Bertz CT molecular complexity index is 400. The molecule has 1 aromatic rings. The molecule has 0 amide bonds. The van der Waals surface area contributed by atoms with Crippen molar-refractivity contribution in [3.63, 3.8) is 0 Å². The molecule has 2 unspecified atom stereocenters. The largest absolute Gasteiger partial charge is 0.387 e. The fourth-order valence-corrected chi connectivity index (χ4v) is 2.84. The maximum Gasteiger partial charge on any atom is 0.0940 e. The van der Waals surface area contributed by atoms with Gasteiger partial charge in [-0.05, 0) is 49.3 Å². The van der Waals surface area contributed by atoms with Crippen molar-refractivity contribution in [1.82, 2.24) is 5.32 Å². The lowest BCUT2D eigenvalue weighted by molar-refractivity contribution is 0.131. The molecule has 2 N–H and O–H groups in total. The number of rotatable bonds is 4. The second-order valence-electron chi connectivity index (χ2n) is 5.79. The van der Waals surface area contributed by atoms with Crippen LogP contribution in [0, 0.1) is 0 Å². The molecule has 2 atom stereocenters. The molecule has 1 aromatic carbocycles. The van der Waals surface area contributed by atoms with E-state index in [1.165, 1.54) is 36.8 Å². The molecule has 1 aliphatic carbocycles. The van der Waals surface area contributed by atoms with Crippen LogP contribution in [0.3, 0.4) is 0 Å². The average molecular weight is 247 g/mol. The zero-order chi connectivity index (χ0) is 13.1. The number of aliphatic hydroxyl groups excluding tert-OH is 1. The molecular weight excluding hydrogens is 222 g/mol. The summed E-state index contributed by atoms with van der Waals surface area (Å²) in [5.41, 5.74) is 3.97. The monoisotopic (exact) mass is 247 g/mol. The van der Waals surface area contributed by atoms with Crippen molar-refractivity contribution in [2.24, 2.45) is 0 Å². The van der Waals surface area contributed by atoms with Crippen LogP contribution in [0.4, 0.5) is 0 Å². The molecule has 0 bridgehead atoms. The Morgan fingerprint density at radius 3 is 2.39 bits per heavy atom. The molecule has 0 saturated carbocycles. The van der Waals surface area contributed by atoms with E-state index in [1.54, 1.807) is 0 Å². The lowest BCUT2D eigenvalue weighted by Gasteiger charge is -2.24. The van der Waals surface area contributed by atoms with Crippen LogP contribution in [-0.2, 0) is 12.8 Å². The van der Waals surface area contributed by atoms with Crippen LogP contribution in [0.5, 0.6) is 0 Å². The highest BCUT2D eigenvalue weighted by Crippen LogP contribution is 2.26. The van der Waals surface area contributed by atoms with E-state index >= 15 is 0 Å². The summed E-state index contributed by atoms with van der Waals surface area (Å²) in [7, 11) is 0. The van der Waals surface area contributed by atoms with Gasteiger partial charge in [0.2, 0.25) is 0 Å². The van der Waals surface area contributed by atoms with Gasteiger partial charge in [0.05, 0.1) is 6.10 Å². The normalized spacial score (nSPS) is 18.5. The van der Waals surface area contributed by atoms with Crippen LogP contribution < -0.4 is 5.32 Å². The topological polar surface area (TPSA) is 32.3 Å². The molecule has 1 aliphatic rings. The van der Waals surface area contributed by atoms with Crippen molar-refractivity contribution in [1.29, 1.82) is 0 Å². The second-order valence-corrected chi connectivity index (χ2v) is 5.79. The summed E-state index contributed by atoms with van der Waals surface area (Å²) in [6, 6.07) is 6.99. The summed E-state index contributed by atoms with van der Waals surface area (Å²) in [5.74, 6) is 0. The number of benzene rings is 1. The Morgan fingerprint density at radius 1 is 1.06 bits per heavy atom. The minimum atomic E-state index is -0.417. The minimum Gasteiger partial charge on any atom is -0.387 e. The van der Waals surface area contributed by atoms with Crippen LogP contribution in [0.1, 0.15) is 56.4 Å². The highest BCUT2D eigenvalue weighted by Gasteiger charge is 2.18. The fourth-order valence-electron chi connectivity index (χ4n) is 2.84. The van der Waals surface area contributed by atoms with Gasteiger partial charge < -0.3 is 10.4 Å². The minimum absolute atomic E-state index is 0.0895. The Labute approximate surface area is 110 Å². The molecule has 0 spiro atoms. The Balaban J connectivity index is 2.12. The first-order chi connectivity index (χ1) is 8.58. The van der Waals surface area contributed by atoms with E-state index in [1.807, 2.05) is 6.92 Å². The lowest BCUT2D eigenvalue weighted by Crippen LogP contribution is -2.37. The van der Waals surface area contributed by atoms with Crippen LogP contribution in [0.15, 0.2) is 18.2 Å². The van der Waals surface area contributed by atoms with E-state index in [0.29, 0.717) is 6.04 Å². The zero-order valence-electron chi connectivity index (χ0n) is 11.7. The summed E-state index contributed by atoms with van der Waals surface area (Å²) < 4.78 is 0. The van der Waals surface area contributed by atoms with E-state index in [-0.39, 0.29) is 6.04 Å². The molecule has 0 fully saturated rings. The number of fused-ring (bicyclic) bond motifs is 1. The van der Waals surface area contributed by atoms with Gasteiger partial charge >= 0.3 is 0 Å². The van der Waals surface area contributed by atoms with Crippen molar-refractivity contribution >= 4 is 0 Å². The predicted octanol–water partition coefficient (Wildman–Crippen LogP) is 2.99. The molecule has 0 saturated heterocycles. The van der Waals surface area contributed by atoms with Crippen LogP contribution in [0.25, 0.3) is 0 Å². The average Bonchev–Trinajstić information content (AvgIpc) is 2.36. The SMILES string of the molecule is CC(C)NC(C)C(O)c1ccc2c(c1)CCCC2. The van der Waals surface area contributed by atoms with Crippen molar-refractivity contribution in [2.75, 3.05) is 0 Å². The molecule has 2 nitrogen and oxygen atoms in total. The van der Waals surface area contributed by atoms with Gasteiger partial charge in [-0.15, -0.1) is 0 Å². The van der Waals surface area contributed by atoms with E-state index in [0.717, 1.165) is 5.56 Å². The fraction of sp³-hybridized carbons (Fsp3) is 0.625. The van der Waals surface area contributed by atoms with Gasteiger partial charge in [0.15, 0.2) is 0 Å². The molecule has 100 valence electrons. The molecular formula is C16H25NO. The Morgan fingerprint density at radius 2 is 1.72 bits per heavy atom. The summed E-state index contributed by atoms with van der Waals surface area (Å²) >= 11 is 0. The summed E-state index contributed by atoms with van der Waals surface area (Å²) in [5, 5.41) is 13.7. The molecule has 0 aromatic heterocycles. The van der Waals surface area contributed by atoms with Crippen LogP contribution >= 0.6 is 0 Å². The third kappa shape index (κ3) is 3.12. The molecule has 18 heavy (non-hydrogen) atoms. The van der Waals surface area contributed by atoms with Gasteiger partial charge in [-0.2, -0.15) is 0 Å². The molecule has 0 aliphatic heterocycles. The van der Waals surface area contributed by atoms with E-state index in [9.17, 15) is 5.11 Å². The summed E-state index contributed by atoms with van der Waals surface area (Å²) in [6.45, 7) is 6.26.